The monoisotopic (exact) mass is 256 g/mol. The largest absolute Gasteiger partial charge is 0.477 e. The fourth-order valence-corrected chi connectivity index (χ4v) is 2.30. The Morgan fingerprint density at radius 1 is 1.31 bits per heavy atom. The van der Waals surface area contributed by atoms with Crippen LogP contribution in [0.2, 0.25) is 5.02 Å². The van der Waals surface area contributed by atoms with Crippen molar-refractivity contribution in [1.29, 1.82) is 0 Å². The summed E-state index contributed by atoms with van der Waals surface area (Å²) in [5.41, 5.74) is 0.634. The van der Waals surface area contributed by atoms with Crippen LogP contribution < -0.4 is 0 Å². The molecule has 2 rings (SSSR count). The highest BCUT2D eigenvalue weighted by Gasteiger charge is 2.16. The minimum absolute atomic E-state index is 0.126. The van der Waals surface area contributed by atoms with E-state index in [1.807, 2.05) is 0 Å². The van der Waals surface area contributed by atoms with Crippen LogP contribution in [0.25, 0.3) is 11.1 Å². The summed E-state index contributed by atoms with van der Waals surface area (Å²) in [7, 11) is 0. The molecule has 1 aromatic carbocycles. The molecular weight excluding hydrogens is 251 g/mol. The molecule has 0 aliphatic rings. The molecule has 0 fully saturated rings. The van der Waals surface area contributed by atoms with Gasteiger partial charge in [-0.15, -0.1) is 11.3 Å². The van der Waals surface area contributed by atoms with Gasteiger partial charge in [-0.2, -0.15) is 0 Å². The van der Waals surface area contributed by atoms with E-state index in [4.69, 9.17) is 16.7 Å². The third-order valence-corrected chi connectivity index (χ3v) is 3.22. The fourth-order valence-electron chi connectivity index (χ4n) is 1.39. The fraction of sp³-hybridized carbons (Fsp3) is 0. The number of rotatable bonds is 2. The Hall–Kier alpha value is -1.39. The van der Waals surface area contributed by atoms with Gasteiger partial charge < -0.3 is 5.11 Å². The van der Waals surface area contributed by atoms with E-state index in [0.29, 0.717) is 5.56 Å². The molecule has 1 heterocycles. The van der Waals surface area contributed by atoms with Crippen molar-refractivity contribution in [2.24, 2.45) is 0 Å². The molecule has 5 heteroatoms. The second-order valence-electron chi connectivity index (χ2n) is 3.09. The summed E-state index contributed by atoms with van der Waals surface area (Å²) in [5, 5.41) is 10.8. The van der Waals surface area contributed by atoms with E-state index in [0.717, 1.165) is 11.3 Å². The van der Waals surface area contributed by atoms with Gasteiger partial charge in [0.2, 0.25) is 0 Å². The third-order valence-electron chi connectivity index (χ3n) is 2.08. The first-order valence-corrected chi connectivity index (χ1v) is 5.61. The van der Waals surface area contributed by atoms with E-state index >= 15 is 0 Å². The Kier molecular flexibility index (Phi) is 2.94. The average molecular weight is 257 g/mol. The highest BCUT2D eigenvalue weighted by molar-refractivity contribution is 7.12. The summed E-state index contributed by atoms with van der Waals surface area (Å²) >= 11 is 6.69. The van der Waals surface area contributed by atoms with E-state index in [9.17, 15) is 9.18 Å². The topological polar surface area (TPSA) is 37.3 Å². The molecule has 0 spiro atoms. The molecule has 2 nitrogen and oxygen atoms in total. The van der Waals surface area contributed by atoms with Crippen molar-refractivity contribution in [2.45, 2.75) is 0 Å². The zero-order valence-corrected chi connectivity index (χ0v) is 9.48. The van der Waals surface area contributed by atoms with Gasteiger partial charge in [0, 0.05) is 16.1 Å². The second kappa shape index (κ2) is 4.23. The molecule has 0 saturated carbocycles. The van der Waals surface area contributed by atoms with E-state index in [1.54, 1.807) is 11.4 Å². The predicted molar refractivity (Wildman–Crippen MR) is 61.7 cm³/mol. The van der Waals surface area contributed by atoms with Crippen LogP contribution in [0.1, 0.15) is 9.67 Å². The predicted octanol–water partition coefficient (Wildman–Crippen LogP) is 3.91. The smallest absolute Gasteiger partial charge is 0.346 e. The van der Waals surface area contributed by atoms with Gasteiger partial charge in [0.05, 0.1) is 0 Å². The second-order valence-corrected chi connectivity index (χ2v) is 4.45. The van der Waals surface area contributed by atoms with E-state index in [1.165, 1.54) is 18.2 Å². The Morgan fingerprint density at radius 2 is 2.06 bits per heavy atom. The van der Waals surface area contributed by atoms with Gasteiger partial charge in [-0.3, -0.25) is 0 Å². The molecule has 0 aliphatic carbocycles. The zero-order chi connectivity index (χ0) is 11.7. The maximum atomic E-state index is 13.6. The van der Waals surface area contributed by atoms with E-state index in [2.05, 4.69) is 0 Å². The van der Waals surface area contributed by atoms with Crippen LogP contribution in [0.5, 0.6) is 0 Å². The van der Waals surface area contributed by atoms with Crippen LogP contribution in [-0.2, 0) is 0 Å². The minimum Gasteiger partial charge on any atom is -0.477 e. The van der Waals surface area contributed by atoms with Gasteiger partial charge in [-0.1, -0.05) is 11.6 Å². The molecule has 0 unspecified atom stereocenters. The summed E-state index contributed by atoms with van der Waals surface area (Å²) in [6.07, 6.45) is 0. The van der Waals surface area contributed by atoms with Crippen molar-refractivity contribution < 1.29 is 14.3 Å². The lowest BCUT2D eigenvalue weighted by molar-refractivity contribution is 0.0703. The standard InChI is InChI=1S/C11H6ClFO2S/c12-6-1-2-7(9(13)5-6)8-3-4-16-10(8)11(14)15/h1-5H,(H,14,15). The van der Waals surface area contributed by atoms with Gasteiger partial charge in [-0.05, 0) is 29.6 Å². The molecule has 0 amide bonds. The summed E-state index contributed by atoms with van der Waals surface area (Å²) in [4.78, 5) is 11.0. The van der Waals surface area contributed by atoms with Crippen molar-refractivity contribution in [1.82, 2.24) is 0 Å². The SMILES string of the molecule is O=C(O)c1sccc1-c1ccc(Cl)cc1F. The number of carbonyl (C=O) groups is 1. The van der Waals surface area contributed by atoms with Crippen molar-refractivity contribution in [3.8, 4) is 11.1 Å². The van der Waals surface area contributed by atoms with E-state index < -0.39 is 11.8 Å². The summed E-state index contributed by atoms with van der Waals surface area (Å²) < 4.78 is 13.6. The Morgan fingerprint density at radius 3 is 2.69 bits per heavy atom. The number of carboxylic acid groups (broad SMARTS) is 1. The highest BCUT2D eigenvalue weighted by Crippen LogP contribution is 2.31. The minimum atomic E-state index is -1.06. The maximum absolute atomic E-state index is 13.6. The van der Waals surface area contributed by atoms with Crippen molar-refractivity contribution in [2.75, 3.05) is 0 Å². The third kappa shape index (κ3) is 1.94. The number of aromatic carboxylic acids is 1. The molecular formula is C11H6ClFO2S. The molecule has 1 aromatic heterocycles. The molecule has 0 saturated heterocycles. The number of benzene rings is 1. The first-order valence-electron chi connectivity index (χ1n) is 4.36. The number of hydrogen-bond acceptors (Lipinski definition) is 2. The lowest BCUT2D eigenvalue weighted by Crippen LogP contribution is -1.95. The van der Waals surface area contributed by atoms with Crippen LogP contribution in [0, 0.1) is 5.82 Å². The van der Waals surface area contributed by atoms with E-state index in [-0.39, 0.29) is 15.5 Å². The maximum Gasteiger partial charge on any atom is 0.346 e. The Bertz CT molecular complexity index is 551. The first-order chi connectivity index (χ1) is 7.59. The van der Waals surface area contributed by atoms with Crippen LogP contribution in [0.4, 0.5) is 4.39 Å². The van der Waals surface area contributed by atoms with Gasteiger partial charge in [-0.25, -0.2) is 9.18 Å². The molecule has 0 bridgehead atoms. The molecule has 0 atom stereocenters. The number of thiophene rings is 1. The molecule has 16 heavy (non-hydrogen) atoms. The summed E-state index contributed by atoms with van der Waals surface area (Å²) in [6.45, 7) is 0. The summed E-state index contributed by atoms with van der Waals surface area (Å²) in [5.74, 6) is -1.58. The lowest BCUT2D eigenvalue weighted by atomic mass is 10.1. The number of halogens is 2. The number of carboxylic acids is 1. The average Bonchev–Trinajstić information content (AvgIpc) is 2.66. The lowest BCUT2D eigenvalue weighted by Gasteiger charge is -2.02. The van der Waals surface area contributed by atoms with Gasteiger partial charge >= 0.3 is 5.97 Å². The highest BCUT2D eigenvalue weighted by atomic mass is 35.5. The van der Waals surface area contributed by atoms with Crippen LogP contribution in [0.3, 0.4) is 0 Å². The molecule has 0 aliphatic heterocycles. The van der Waals surface area contributed by atoms with Crippen LogP contribution in [-0.4, -0.2) is 11.1 Å². The molecule has 2 aromatic rings. The van der Waals surface area contributed by atoms with Crippen molar-refractivity contribution in [3.05, 3.63) is 45.4 Å². The zero-order valence-electron chi connectivity index (χ0n) is 7.91. The van der Waals surface area contributed by atoms with Gasteiger partial charge in [0.15, 0.2) is 0 Å². The Balaban J connectivity index is 2.59. The molecule has 0 radical (unpaired) electrons. The molecule has 1 N–H and O–H groups in total. The van der Waals surface area contributed by atoms with Crippen molar-refractivity contribution in [3.63, 3.8) is 0 Å². The summed E-state index contributed by atoms with van der Waals surface area (Å²) in [6, 6.07) is 5.76. The molecule has 82 valence electrons. The normalized spacial score (nSPS) is 10.4. The number of hydrogen-bond donors (Lipinski definition) is 1. The quantitative estimate of drug-likeness (QED) is 0.885. The van der Waals surface area contributed by atoms with Crippen LogP contribution >= 0.6 is 22.9 Å². The first kappa shape index (κ1) is 11.1. The van der Waals surface area contributed by atoms with Gasteiger partial charge in [0.25, 0.3) is 0 Å². The van der Waals surface area contributed by atoms with Crippen molar-refractivity contribution >= 4 is 28.9 Å². The Labute approximate surface area is 99.9 Å². The van der Waals surface area contributed by atoms with Gasteiger partial charge in [0.1, 0.15) is 10.7 Å². The van der Waals surface area contributed by atoms with Crippen LogP contribution in [0.15, 0.2) is 29.6 Å².